The Bertz CT molecular complexity index is 628. The first-order chi connectivity index (χ1) is 9.60. The van der Waals surface area contributed by atoms with Crippen LogP contribution >= 0.6 is 0 Å². The third-order valence-electron chi connectivity index (χ3n) is 2.63. The van der Waals surface area contributed by atoms with Crippen LogP contribution in [0, 0.1) is 0 Å². The maximum absolute atomic E-state index is 10.9. The van der Waals surface area contributed by atoms with Crippen LogP contribution in [0.15, 0.2) is 36.4 Å². The number of nitrogens with zero attached hydrogens (tertiary/aromatic N) is 1. The van der Waals surface area contributed by atoms with E-state index in [9.17, 15) is 4.79 Å². The number of hydrogen-bond acceptors (Lipinski definition) is 5. The van der Waals surface area contributed by atoms with Gasteiger partial charge < -0.3 is 20.3 Å². The van der Waals surface area contributed by atoms with Gasteiger partial charge in [-0.2, -0.15) is 0 Å². The third kappa shape index (κ3) is 3.17. The Hall–Kier alpha value is -2.76. The molecule has 20 heavy (non-hydrogen) atoms. The molecule has 0 aliphatic rings. The summed E-state index contributed by atoms with van der Waals surface area (Å²) in [5.41, 5.74) is 6.90. The van der Waals surface area contributed by atoms with Gasteiger partial charge in [0.05, 0.1) is 24.1 Å². The van der Waals surface area contributed by atoms with E-state index >= 15 is 0 Å². The number of carbonyl (C=O) groups is 1. The Morgan fingerprint density at radius 2 is 2.15 bits per heavy atom. The van der Waals surface area contributed by atoms with Gasteiger partial charge >= 0.3 is 5.97 Å². The van der Waals surface area contributed by atoms with E-state index in [2.05, 4.69) is 4.98 Å². The topological polar surface area (TPSA) is 94.7 Å². The Morgan fingerprint density at radius 1 is 1.35 bits per heavy atom. The van der Waals surface area contributed by atoms with Gasteiger partial charge in [-0.05, 0) is 24.3 Å². The molecule has 0 radical (unpaired) electrons. The van der Waals surface area contributed by atoms with E-state index in [1.165, 1.54) is 25.3 Å². The highest BCUT2D eigenvalue weighted by Crippen LogP contribution is 2.23. The Kier molecular flexibility index (Phi) is 4.05. The van der Waals surface area contributed by atoms with Crippen molar-refractivity contribution in [3.63, 3.8) is 0 Å². The first-order valence-electron chi connectivity index (χ1n) is 5.85. The number of pyridine rings is 1. The van der Waals surface area contributed by atoms with Gasteiger partial charge in [-0.25, -0.2) is 9.78 Å². The fourth-order valence-electron chi connectivity index (χ4n) is 1.60. The predicted octanol–water partition coefficient (Wildman–Crippen LogP) is 1.95. The molecule has 0 atom stereocenters. The molecule has 0 amide bonds. The lowest BCUT2D eigenvalue weighted by Gasteiger charge is -2.09. The van der Waals surface area contributed by atoms with E-state index in [0.717, 1.165) is 0 Å². The minimum absolute atomic E-state index is 0.118. The van der Waals surface area contributed by atoms with E-state index in [-0.39, 0.29) is 12.2 Å². The Morgan fingerprint density at radius 3 is 2.85 bits per heavy atom. The van der Waals surface area contributed by atoms with Crippen molar-refractivity contribution in [2.45, 2.75) is 6.61 Å². The molecule has 1 aromatic heterocycles. The number of benzene rings is 1. The second kappa shape index (κ2) is 5.92. The van der Waals surface area contributed by atoms with Crippen molar-refractivity contribution in [1.82, 2.24) is 4.98 Å². The van der Waals surface area contributed by atoms with E-state index in [1.54, 1.807) is 18.2 Å². The molecule has 0 saturated heterocycles. The molecule has 0 spiro atoms. The van der Waals surface area contributed by atoms with Crippen molar-refractivity contribution in [3.05, 3.63) is 47.7 Å². The number of carboxylic acids is 1. The lowest BCUT2D eigenvalue weighted by atomic mass is 10.2. The highest BCUT2D eigenvalue weighted by Gasteiger charge is 2.08. The molecule has 0 fully saturated rings. The first kappa shape index (κ1) is 13.7. The van der Waals surface area contributed by atoms with Crippen molar-refractivity contribution in [2.75, 3.05) is 12.8 Å². The zero-order chi connectivity index (χ0) is 14.5. The fourth-order valence-corrected chi connectivity index (χ4v) is 1.60. The Labute approximate surface area is 115 Å². The summed E-state index contributed by atoms with van der Waals surface area (Å²) in [6.45, 7) is 0.171. The van der Waals surface area contributed by atoms with Crippen molar-refractivity contribution >= 4 is 11.7 Å². The van der Waals surface area contributed by atoms with Gasteiger partial charge in [0.15, 0.2) is 0 Å². The summed E-state index contributed by atoms with van der Waals surface area (Å²) in [5, 5.41) is 8.93. The number of aromatic nitrogens is 1. The fraction of sp³-hybridized carbons (Fsp3) is 0.143. The summed E-state index contributed by atoms with van der Waals surface area (Å²) in [7, 11) is 1.53. The number of nitrogens with two attached hydrogens (primary N) is 1. The lowest BCUT2D eigenvalue weighted by Crippen LogP contribution is -2.03. The van der Waals surface area contributed by atoms with Gasteiger partial charge in [0.1, 0.15) is 12.4 Å². The molecule has 1 heterocycles. The van der Waals surface area contributed by atoms with E-state index in [0.29, 0.717) is 23.0 Å². The largest absolute Gasteiger partial charge is 0.485 e. The lowest BCUT2D eigenvalue weighted by molar-refractivity contribution is 0.0696. The molecule has 0 saturated carbocycles. The minimum Gasteiger partial charge on any atom is -0.485 e. The molecule has 0 unspecified atom stereocenters. The van der Waals surface area contributed by atoms with Gasteiger partial charge in [-0.15, -0.1) is 0 Å². The number of anilines is 1. The maximum Gasteiger partial charge on any atom is 0.335 e. The summed E-state index contributed by atoms with van der Waals surface area (Å²) in [5.74, 6) is -0.234. The third-order valence-corrected chi connectivity index (χ3v) is 2.63. The van der Waals surface area contributed by atoms with Gasteiger partial charge in [0, 0.05) is 6.07 Å². The molecule has 104 valence electrons. The number of rotatable bonds is 5. The molecular formula is C14H14N2O4. The molecule has 6 nitrogen and oxygen atoms in total. The standard InChI is InChI=1S/C14H14N2O4/c1-19-13-4-2-3-10(16-13)8-20-12-7-9(14(17)18)5-6-11(12)15/h2-7H,8,15H2,1H3,(H,17,18). The van der Waals surface area contributed by atoms with Crippen LogP contribution in [0.4, 0.5) is 5.69 Å². The summed E-state index contributed by atoms with van der Waals surface area (Å²) in [6.07, 6.45) is 0. The smallest absolute Gasteiger partial charge is 0.335 e. The first-order valence-corrected chi connectivity index (χ1v) is 5.85. The number of nitrogen functional groups attached to an aromatic ring is 1. The van der Waals surface area contributed by atoms with Crippen LogP contribution in [0.5, 0.6) is 11.6 Å². The zero-order valence-corrected chi connectivity index (χ0v) is 10.9. The van der Waals surface area contributed by atoms with Crippen LogP contribution in [0.2, 0.25) is 0 Å². The van der Waals surface area contributed by atoms with Crippen molar-refractivity contribution in [3.8, 4) is 11.6 Å². The SMILES string of the molecule is COc1cccc(COc2cc(C(=O)O)ccc2N)n1. The van der Waals surface area contributed by atoms with Gasteiger partial charge in [0.25, 0.3) is 0 Å². The average Bonchev–Trinajstić information content (AvgIpc) is 2.46. The summed E-state index contributed by atoms with van der Waals surface area (Å²) >= 11 is 0. The monoisotopic (exact) mass is 274 g/mol. The zero-order valence-electron chi connectivity index (χ0n) is 10.9. The van der Waals surface area contributed by atoms with Crippen LogP contribution < -0.4 is 15.2 Å². The second-order valence-electron chi connectivity index (χ2n) is 4.02. The quantitative estimate of drug-likeness (QED) is 0.809. The maximum atomic E-state index is 10.9. The molecule has 0 aliphatic heterocycles. The molecule has 2 rings (SSSR count). The minimum atomic E-state index is -1.03. The molecule has 1 aromatic carbocycles. The molecule has 0 aliphatic carbocycles. The molecule has 6 heteroatoms. The van der Waals surface area contributed by atoms with Crippen LogP contribution in [-0.4, -0.2) is 23.2 Å². The molecule has 0 bridgehead atoms. The highest BCUT2D eigenvalue weighted by atomic mass is 16.5. The molecule has 2 aromatic rings. The summed E-state index contributed by atoms with van der Waals surface area (Å²) < 4.78 is 10.5. The number of aromatic carboxylic acids is 1. The molecular weight excluding hydrogens is 260 g/mol. The number of ether oxygens (including phenoxy) is 2. The van der Waals surface area contributed by atoms with E-state index in [1.807, 2.05) is 0 Å². The summed E-state index contributed by atoms with van der Waals surface area (Å²) in [4.78, 5) is 15.1. The number of hydrogen-bond donors (Lipinski definition) is 2. The highest BCUT2D eigenvalue weighted by molar-refractivity contribution is 5.89. The van der Waals surface area contributed by atoms with Crippen LogP contribution in [0.25, 0.3) is 0 Å². The van der Waals surface area contributed by atoms with E-state index in [4.69, 9.17) is 20.3 Å². The summed E-state index contributed by atoms with van der Waals surface area (Å²) in [6, 6.07) is 9.61. The average molecular weight is 274 g/mol. The molecule has 3 N–H and O–H groups in total. The van der Waals surface area contributed by atoms with Crippen molar-refractivity contribution in [2.24, 2.45) is 0 Å². The van der Waals surface area contributed by atoms with Crippen molar-refractivity contribution in [1.29, 1.82) is 0 Å². The second-order valence-corrected chi connectivity index (χ2v) is 4.02. The Balaban J connectivity index is 2.13. The predicted molar refractivity (Wildman–Crippen MR) is 72.9 cm³/mol. The van der Waals surface area contributed by atoms with Crippen LogP contribution in [0.1, 0.15) is 16.1 Å². The normalized spacial score (nSPS) is 10.1. The number of methoxy groups -OCH3 is 1. The number of carboxylic acid groups (broad SMARTS) is 1. The van der Waals surface area contributed by atoms with Crippen molar-refractivity contribution < 1.29 is 19.4 Å². The van der Waals surface area contributed by atoms with Crippen LogP contribution in [-0.2, 0) is 6.61 Å². The van der Waals surface area contributed by atoms with E-state index < -0.39 is 5.97 Å². The van der Waals surface area contributed by atoms with Gasteiger partial charge in [-0.3, -0.25) is 0 Å². The van der Waals surface area contributed by atoms with Gasteiger partial charge in [0.2, 0.25) is 5.88 Å². The van der Waals surface area contributed by atoms with Gasteiger partial charge in [-0.1, -0.05) is 6.07 Å². The van der Waals surface area contributed by atoms with Crippen LogP contribution in [0.3, 0.4) is 0 Å².